The summed E-state index contributed by atoms with van der Waals surface area (Å²) in [4.78, 5) is 17.6. The number of carbonyl (C=O) groups is 1. The Morgan fingerprint density at radius 2 is 1.74 bits per heavy atom. The Morgan fingerprint density at radius 3 is 2.37 bits per heavy atom. The molecule has 0 atom stereocenters. The predicted molar refractivity (Wildman–Crippen MR) is 139 cm³/mol. The van der Waals surface area contributed by atoms with Crippen molar-refractivity contribution in [3.63, 3.8) is 0 Å². The van der Waals surface area contributed by atoms with E-state index in [0.717, 1.165) is 16.7 Å². The molecular formula is C27H27FN4O5S. The average molecular weight is 539 g/mol. The number of nitrogens with zero attached hydrogens (tertiary/aromatic N) is 2. The van der Waals surface area contributed by atoms with Gasteiger partial charge in [0.15, 0.2) is 5.03 Å². The lowest BCUT2D eigenvalue weighted by molar-refractivity contribution is 0.0978. The number of amides is 1. The minimum atomic E-state index is -4.25. The van der Waals surface area contributed by atoms with Crippen LogP contribution in [0.1, 0.15) is 40.9 Å². The van der Waals surface area contributed by atoms with E-state index in [1.807, 2.05) is 51.5 Å². The van der Waals surface area contributed by atoms with Gasteiger partial charge in [-0.15, -0.1) is 0 Å². The van der Waals surface area contributed by atoms with Crippen molar-refractivity contribution in [1.29, 1.82) is 0 Å². The van der Waals surface area contributed by atoms with Gasteiger partial charge < -0.3 is 9.47 Å². The van der Waals surface area contributed by atoms with Gasteiger partial charge in [0.25, 0.3) is 15.9 Å². The number of nitrogens with one attached hydrogen (secondary N) is 2. The topological polar surface area (TPSA) is 123 Å². The zero-order valence-electron chi connectivity index (χ0n) is 21.5. The molecular weight excluding hydrogens is 511 g/mol. The van der Waals surface area contributed by atoms with Crippen LogP contribution in [0.15, 0.2) is 59.8 Å². The second-order valence-electron chi connectivity index (χ2n) is 9.07. The van der Waals surface area contributed by atoms with E-state index in [2.05, 4.69) is 15.2 Å². The molecule has 0 aliphatic heterocycles. The van der Waals surface area contributed by atoms with E-state index < -0.39 is 21.7 Å². The molecule has 0 fully saturated rings. The molecule has 198 valence electrons. The first-order valence-electron chi connectivity index (χ1n) is 11.7. The van der Waals surface area contributed by atoms with Crippen LogP contribution in [0.4, 0.5) is 4.39 Å². The zero-order valence-corrected chi connectivity index (χ0v) is 22.3. The molecule has 11 heteroatoms. The van der Waals surface area contributed by atoms with Crippen LogP contribution in [0.3, 0.4) is 0 Å². The van der Waals surface area contributed by atoms with Gasteiger partial charge in [0.2, 0.25) is 5.88 Å². The molecule has 0 saturated heterocycles. The molecule has 0 aliphatic carbocycles. The minimum absolute atomic E-state index is 0.137. The molecule has 4 rings (SSSR count). The van der Waals surface area contributed by atoms with E-state index in [4.69, 9.17) is 9.47 Å². The van der Waals surface area contributed by atoms with Gasteiger partial charge in [0.05, 0.1) is 11.8 Å². The largest absolute Gasteiger partial charge is 0.491 e. The maximum Gasteiger partial charge on any atom is 0.283 e. The van der Waals surface area contributed by atoms with Crippen LogP contribution < -0.4 is 14.2 Å². The van der Waals surface area contributed by atoms with Gasteiger partial charge in [0, 0.05) is 17.8 Å². The quantitative estimate of drug-likeness (QED) is 0.315. The molecule has 2 heterocycles. The fourth-order valence-corrected chi connectivity index (χ4v) is 4.83. The number of aryl methyl sites for hydroxylation is 3. The molecule has 0 aliphatic rings. The highest BCUT2D eigenvalue weighted by Crippen LogP contribution is 2.33. The molecule has 0 radical (unpaired) electrons. The molecule has 0 saturated carbocycles. The van der Waals surface area contributed by atoms with Crippen LogP contribution in [0.25, 0.3) is 11.3 Å². The summed E-state index contributed by atoms with van der Waals surface area (Å²) in [5.74, 6) is -0.862. The van der Waals surface area contributed by atoms with Crippen LogP contribution in [0, 0.1) is 26.6 Å². The first-order chi connectivity index (χ1) is 17.9. The van der Waals surface area contributed by atoms with Crippen LogP contribution in [-0.4, -0.2) is 35.6 Å². The number of ether oxygens (including phenoxy) is 2. The highest BCUT2D eigenvalue weighted by molar-refractivity contribution is 7.90. The summed E-state index contributed by atoms with van der Waals surface area (Å²) in [6.45, 7) is 9.30. The molecule has 9 nitrogen and oxygen atoms in total. The molecule has 0 bridgehead atoms. The maximum absolute atomic E-state index is 14.4. The normalized spacial score (nSPS) is 11.4. The average Bonchev–Trinajstić information content (AvgIpc) is 3.36. The summed E-state index contributed by atoms with van der Waals surface area (Å²) in [6, 6.07) is 12.1. The van der Waals surface area contributed by atoms with E-state index in [0.29, 0.717) is 22.8 Å². The lowest BCUT2D eigenvalue weighted by atomic mass is 10.1. The Bertz CT molecular complexity index is 1580. The number of sulfonamides is 1. The monoisotopic (exact) mass is 538 g/mol. The molecule has 2 N–H and O–H groups in total. The van der Waals surface area contributed by atoms with Crippen molar-refractivity contribution < 1.29 is 27.1 Å². The van der Waals surface area contributed by atoms with Crippen molar-refractivity contribution in [3.8, 4) is 28.6 Å². The summed E-state index contributed by atoms with van der Waals surface area (Å²) in [6.07, 6.45) is 1.15. The Labute approximate surface area is 220 Å². The lowest BCUT2D eigenvalue weighted by Gasteiger charge is -2.16. The predicted octanol–water partition coefficient (Wildman–Crippen LogP) is 5.23. The van der Waals surface area contributed by atoms with Crippen LogP contribution in [0.5, 0.6) is 17.4 Å². The van der Waals surface area contributed by atoms with Gasteiger partial charge in [-0.2, -0.15) is 13.5 Å². The number of carbonyl (C=O) groups excluding carboxylic acids is 1. The molecule has 38 heavy (non-hydrogen) atoms. The number of aromatic amines is 1. The van der Waals surface area contributed by atoms with Gasteiger partial charge in [-0.25, -0.2) is 14.1 Å². The Kier molecular flexibility index (Phi) is 7.49. The third-order valence-corrected chi connectivity index (χ3v) is 6.66. The standard InChI is InChI=1S/C27H27FN4O5S/c1-15(2)36-21-13-19(12-20(28)14-21)23-7-6-22(26(33)32-38(34,35)24-8-9-29-31-24)27(30-23)37-25-17(4)10-16(3)11-18(25)5/h6-15H,1-5H3,(H,29,31)(H,32,33). The summed E-state index contributed by atoms with van der Waals surface area (Å²) >= 11 is 0. The number of rotatable bonds is 8. The highest BCUT2D eigenvalue weighted by atomic mass is 32.2. The van der Waals surface area contributed by atoms with E-state index in [1.165, 1.54) is 36.5 Å². The SMILES string of the molecule is Cc1cc(C)c(Oc2nc(-c3cc(F)cc(OC(C)C)c3)ccc2C(=O)NS(=O)(=O)c2cc[nH]n2)c(C)c1. The number of H-pyrrole nitrogens is 1. The second kappa shape index (κ2) is 10.6. The van der Waals surface area contributed by atoms with Crippen molar-refractivity contribution in [2.75, 3.05) is 0 Å². The van der Waals surface area contributed by atoms with Gasteiger partial charge in [-0.1, -0.05) is 17.7 Å². The molecule has 0 unspecified atom stereocenters. The third kappa shape index (κ3) is 6.00. The first-order valence-corrected chi connectivity index (χ1v) is 13.2. The summed E-state index contributed by atoms with van der Waals surface area (Å²) in [7, 11) is -4.25. The van der Waals surface area contributed by atoms with Crippen molar-refractivity contribution >= 4 is 15.9 Å². The Morgan fingerprint density at radius 1 is 1.03 bits per heavy atom. The van der Waals surface area contributed by atoms with Crippen LogP contribution in [-0.2, 0) is 10.0 Å². The number of hydrogen-bond acceptors (Lipinski definition) is 7. The maximum atomic E-state index is 14.4. The van der Waals surface area contributed by atoms with Crippen LogP contribution >= 0.6 is 0 Å². The number of hydrogen-bond donors (Lipinski definition) is 2. The molecule has 2 aromatic carbocycles. The Hall–Kier alpha value is -4.25. The van der Waals surface area contributed by atoms with E-state index in [9.17, 15) is 17.6 Å². The third-order valence-electron chi connectivity index (χ3n) is 5.42. The van der Waals surface area contributed by atoms with Crippen molar-refractivity contribution in [2.45, 2.75) is 45.7 Å². The smallest absolute Gasteiger partial charge is 0.283 e. The van der Waals surface area contributed by atoms with Gasteiger partial charge in [-0.05, 0) is 76.1 Å². The van der Waals surface area contributed by atoms with Crippen LogP contribution in [0.2, 0.25) is 0 Å². The highest BCUT2D eigenvalue weighted by Gasteiger charge is 2.25. The van der Waals surface area contributed by atoms with Gasteiger partial charge in [-0.3, -0.25) is 9.89 Å². The van der Waals surface area contributed by atoms with Crippen molar-refractivity contribution in [2.24, 2.45) is 0 Å². The number of pyridine rings is 1. The summed E-state index contributed by atoms with van der Waals surface area (Å²) < 4.78 is 53.4. The fraction of sp³-hybridized carbons (Fsp3) is 0.222. The number of aromatic nitrogens is 3. The van der Waals surface area contributed by atoms with Gasteiger partial charge >= 0.3 is 0 Å². The summed E-state index contributed by atoms with van der Waals surface area (Å²) in [5.41, 5.74) is 3.16. The summed E-state index contributed by atoms with van der Waals surface area (Å²) in [5, 5.41) is 5.68. The van der Waals surface area contributed by atoms with E-state index in [-0.39, 0.29) is 22.6 Å². The number of halogens is 1. The van der Waals surface area contributed by atoms with E-state index in [1.54, 1.807) is 6.07 Å². The Balaban J connectivity index is 1.80. The molecule has 4 aromatic rings. The number of benzene rings is 2. The first kappa shape index (κ1) is 26.8. The molecule has 2 aromatic heterocycles. The zero-order chi connectivity index (χ0) is 27.6. The molecule has 1 amide bonds. The lowest BCUT2D eigenvalue weighted by Crippen LogP contribution is -2.31. The molecule has 0 spiro atoms. The minimum Gasteiger partial charge on any atom is -0.491 e. The van der Waals surface area contributed by atoms with E-state index >= 15 is 0 Å². The van der Waals surface area contributed by atoms with Crippen molar-refractivity contribution in [3.05, 3.63) is 82.8 Å². The van der Waals surface area contributed by atoms with Crippen molar-refractivity contribution in [1.82, 2.24) is 19.9 Å². The second-order valence-corrected chi connectivity index (χ2v) is 10.7. The fourth-order valence-electron chi connectivity index (χ4n) is 3.95. The van der Waals surface area contributed by atoms with Gasteiger partial charge in [0.1, 0.15) is 22.9 Å².